The monoisotopic (exact) mass is 295 g/mol. The normalized spacial score (nSPS) is 25.4. The molecule has 0 aliphatic heterocycles. The van der Waals surface area contributed by atoms with Crippen LogP contribution in [0.2, 0.25) is 0 Å². The van der Waals surface area contributed by atoms with Gasteiger partial charge in [-0.2, -0.15) is 0 Å². The molecule has 1 atom stereocenters. The molecule has 2 fully saturated rings. The fraction of sp³-hybridized carbons (Fsp3) is 0.571. The van der Waals surface area contributed by atoms with Gasteiger partial charge in [-0.05, 0) is 44.4 Å². The molecule has 0 heterocycles. The minimum Gasteiger partial charge on any atom is -0.389 e. The zero-order chi connectivity index (χ0) is 12.1. The van der Waals surface area contributed by atoms with Crippen molar-refractivity contribution in [3.05, 3.63) is 34.3 Å². The summed E-state index contributed by atoms with van der Waals surface area (Å²) in [6.07, 6.45) is 4.21. The van der Waals surface area contributed by atoms with Crippen LogP contribution in [-0.2, 0) is 0 Å². The maximum Gasteiger partial charge on any atom is 0.0724 e. The largest absolute Gasteiger partial charge is 0.389 e. The molecule has 1 unspecified atom stereocenters. The molecule has 0 radical (unpaired) electrons. The maximum absolute atomic E-state index is 10.5. The fourth-order valence-electron chi connectivity index (χ4n) is 3.21. The first-order valence-electron chi connectivity index (χ1n) is 6.27. The van der Waals surface area contributed by atoms with Crippen LogP contribution >= 0.6 is 15.9 Å². The quantitative estimate of drug-likeness (QED) is 0.895. The molecule has 0 saturated heterocycles. The topological polar surface area (TPSA) is 32.3 Å². The summed E-state index contributed by atoms with van der Waals surface area (Å²) in [5.41, 5.74) is 0.939. The molecular formula is C14H18BrNO. The summed E-state index contributed by atoms with van der Waals surface area (Å²) in [7, 11) is 2.00. The first-order valence-corrected chi connectivity index (χ1v) is 7.06. The fourth-order valence-corrected chi connectivity index (χ4v) is 3.73. The van der Waals surface area contributed by atoms with Gasteiger partial charge in [0, 0.05) is 15.9 Å². The van der Waals surface area contributed by atoms with Crippen LogP contribution in [0.4, 0.5) is 0 Å². The number of aliphatic hydroxyl groups is 1. The van der Waals surface area contributed by atoms with Gasteiger partial charge in [-0.3, -0.25) is 0 Å². The molecule has 3 heteroatoms. The minimum absolute atomic E-state index is 0.0750. The maximum atomic E-state index is 10.5. The molecule has 2 aliphatic rings. The van der Waals surface area contributed by atoms with E-state index in [-0.39, 0.29) is 11.5 Å². The molecule has 3 rings (SSSR count). The van der Waals surface area contributed by atoms with Gasteiger partial charge < -0.3 is 10.4 Å². The van der Waals surface area contributed by atoms with Gasteiger partial charge in [0.2, 0.25) is 0 Å². The van der Waals surface area contributed by atoms with Crippen molar-refractivity contribution in [1.82, 2.24) is 5.32 Å². The summed E-state index contributed by atoms with van der Waals surface area (Å²) >= 11 is 3.62. The van der Waals surface area contributed by atoms with E-state index in [9.17, 15) is 5.11 Å². The van der Waals surface area contributed by atoms with Gasteiger partial charge in [-0.25, -0.2) is 0 Å². The van der Waals surface area contributed by atoms with E-state index in [1.807, 2.05) is 13.1 Å². The lowest BCUT2D eigenvalue weighted by molar-refractivity contribution is 0.0434. The number of halogens is 1. The van der Waals surface area contributed by atoms with Crippen LogP contribution in [0.3, 0.4) is 0 Å². The van der Waals surface area contributed by atoms with Crippen molar-refractivity contribution in [3.8, 4) is 0 Å². The number of hydrogen-bond donors (Lipinski definition) is 2. The minimum atomic E-state index is -0.407. The second-order valence-corrected chi connectivity index (χ2v) is 6.29. The summed E-state index contributed by atoms with van der Waals surface area (Å²) in [6, 6.07) is 8.58. The van der Waals surface area contributed by atoms with Crippen molar-refractivity contribution in [2.75, 3.05) is 7.05 Å². The van der Waals surface area contributed by atoms with Crippen LogP contribution in [0.1, 0.15) is 37.3 Å². The number of benzene rings is 1. The van der Waals surface area contributed by atoms with E-state index in [0.717, 1.165) is 30.2 Å². The van der Waals surface area contributed by atoms with E-state index >= 15 is 0 Å². The van der Waals surface area contributed by atoms with Crippen LogP contribution in [-0.4, -0.2) is 17.8 Å². The third kappa shape index (κ3) is 1.67. The molecule has 0 bridgehead atoms. The lowest BCUT2D eigenvalue weighted by atomic mass is 9.83. The average molecular weight is 296 g/mol. The van der Waals surface area contributed by atoms with Gasteiger partial charge >= 0.3 is 0 Å². The van der Waals surface area contributed by atoms with Gasteiger partial charge in [0.15, 0.2) is 0 Å². The van der Waals surface area contributed by atoms with E-state index in [1.165, 1.54) is 5.56 Å². The standard InChI is InChI=1S/C14H18BrNO/c1-16-12(10-4-2-3-5-11(10)15)13(6-7-13)14(17)8-9-14/h2-5,12,16-17H,6-9H2,1H3. The zero-order valence-corrected chi connectivity index (χ0v) is 11.6. The van der Waals surface area contributed by atoms with E-state index in [1.54, 1.807) is 0 Å². The molecule has 0 spiro atoms. The van der Waals surface area contributed by atoms with Crippen molar-refractivity contribution < 1.29 is 5.11 Å². The molecule has 92 valence electrons. The third-order valence-corrected chi connectivity index (χ3v) is 5.22. The molecule has 1 aromatic carbocycles. The molecule has 0 aromatic heterocycles. The highest BCUT2D eigenvalue weighted by Crippen LogP contribution is 2.69. The highest BCUT2D eigenvalue weighted by molar-refractivity contribution is 9.10. The summed E-state index contributed by atoms with van der Waals surface area (Å²) in [5, 5.41) is 13.9. The van der Waals surface area contributed by atoms with Gasteiger partial charge in [0.1, 0.15) is 0 Å². The second-order valence-electron chi connectivity index (χ2n) is 5.43. The number of rotatable bonds is 4. The van der Waals surface area contributed by atoms with Gasteiger partial charge in [0.25, 0.3) is 0 Å². The predicted octanol–water partition coefficient (Wildman–Crippen LogP) is 3.01. The molecule has 2 saturated carbocycles. The molecule has 0 amide bonds. The Morgan fingerprint density at radius 1 is 1.24 bits per heavy atom. The zero-order valence-electron chi connectivity index (χ0n) is 10.0. The van der Waals surface area contributed by atoms with Crippen molar-refractivity contribution in [1.29, 1.82) is 0 Å². The van der Waals surface area contributed by atoms with E-state index in [2.05, 4.69) is 39.4 Å². The first kappa shape index (κ1) is 11.7. The Labute approximate surface area is 111 Å². The highest BCUT2D eigenvalue weighted by atomic mass is 79.9. The Hall–Kier alpha value is -0.380. The van der Waals surface area contributed by atoms with Crippen molar-refractivity contribution in [3.63, 3.8) is 0 Å². The smallest absolute Gasteiger partial charge is 0.0724 e. The summed E-state index contributed by atoms with van der Waals surface area (Å²) in [5.74, 6) is 0. The average Bonchev–Trinajstić information content (AvgIpc) is 3.19. The summed E-state index contributed by atoms with van der Waals surface area (Å²) < 4.78 is 1.13. The summed E-state index contributed by atoms with van der Waals surface area (Å²) in [4.78, 5) is 0. The van der Waals surface area contributed by atoms with Crippen LogP contribution in [0.5, 0.6) is 0 Å². The Bertz CT molecular complexity index is 438. The molecule has 2 N–H and O–H groups in total. The summed E-state index contributed by atoms with van der Waals surface area (Å²) in [6.45, 7) is 0. The number of nitrogens with one attached hydrogen (secondary N) is 1. The second kappa shape index (κ2) is 3.81. The lowest BCUT2D eigenvalue weighted by Crippen LogP contribution is -2.37. The molecule has 2 aliphatic carbocycles. The Balaban J connectivity index is 1.97. The SMILES string of the molecule is CNC(c1ccccc1Br)C1(C2(O)CC2)CC1. The van der Waals surface area contributed by atoms with Gasteiger partial charge in [-0.1, -0.05) is 34.1 Å². The van der Waals surface area contributed by atoms with Crippen molar-refractivity contribution in [2.24, 2.45) is 5.41 Å². The molecule has 2 nitrogen and oxygen atoms in total. The van der Waals surface area contributed by atoms with Crippen molar-refractivity contribution in [2.45, 2.75) is 37.3 Å². The van der Waals surface area contributed by atoms with Crippen LogP contribution < -0.4 is 5.32 Å². The van der Waals surface area contributed by atoms with Crippen molar-refractivity contribution >= 4 is 15.9 Å². The van der Waals surface area contributed by atoms with E-state index < -0.39 is 5.60 Å². The highest BCUT2D eigenvalue weighted by Gasteiger charge is 2.68. The molecule has 1 aromatic rings. The van der Waals surface area contributed by atoms with E-state index in [4.69, 9.17) is 0 Å². The van der Waals surface area contributed by atoms with Gasteiger partial charge in [-0.15, -0.1) is 0 Å². The Morgan fingerprint density at radius 2 is 1.88 bits per heavy atom. The third-order valence-electron chi connectivity index (χ3n) is 4.50. The van der Waals surface area contributed by atoms with Crippen LogP contribution in [0, 0.1) is 5.41 Å². The number of hydrogen-bond acceptors (Lipinski definition) is 2. The molecular weight excluding hydrogens is 278 g/mol. The predicted molar refractivity (Wildman–Crippen MR) is 71.8 cm³/mol. The lowest BCUT2D eigenvalue weighted by Gasteiger charge is -2.32. The Morgan fingerprint density at radius 3 is 2.35 bits per heavy atom. The molecule has 17 heavy (non-hydrogen) atoms. The Kier molecular flexibility index (Phi) is 2.62. The van der Waals surface area contributed by atoms with E-state index in [0.29, 0.717) is 0 Å². The van der Waals surface area contributed by atoms with Crippen LogP contribution in [0.25, 0.3) is 0 Å². The first-order chi connectivity index (χ1) is 8.13. The van der Waals surface area contributed by atoms with Crippen LogP contribution in [0.15, 0.2) is 28.7 Å². The van der Waals surface area contributed by atoms with Gasteiger partial charge in [0.05, 0.1) is 5.60 Å².